The molecule has 5 rings (SSSR count). The molecule has 4 heteroatoms. The second-order valence-electron chi connectivity index (χ2n) is 7.00. The second-order valence-corrected chi connectivity index (χ2v) is 7.00. The molecule has 0 aliphatic heterocycles. The molecule has 0 saturated carbocycles. The molecule has 0 bridgehead atoms. The molecule has 4 nitrogen and oxygen atoms in total. The summed E-state index contributed by atoms with van der Waals surface area (Å²) in [6.45, 7) is 4.20. The molecular weight excluding hydrogens is 372 g/mol. The van der Waals surface area contributed by atoms with Crippen molar-refractivity contribution in [1.29, 1.82) is 0 Å². The average molecular weight is 390 g/mol. The van der Waals surface area contributed by atoms with Crippen LogP contribution in [0.25, 0.3) is 40.7 Å². The highest BCUT2D eigenvalue weighted by Crippen LogP contribution is 2.21. The van der Waals surface area contributed by atoms with E-state index in [2.05, 4.69) is 17.2 Å². The van der Waals surface area contributed by atoms with Crippen LogP contribution in [0.15, 0.2) is 100 Å². The van der Waals surface area contributed by atoms with Gasteiger partial charge < -0.3 is 4.42 Å². The standard InChI is InChI=1S/C26H18N2O2/c1-18-23(16-19-8-4-2-5-9-19)28(26(27-18)20-10-6-3-7-11-20)22-13-14-24-21(17-22)12-15-25(29)30-24/h2-17H,1H2/b23-16+. The van der Waals surface area contributed by atoms with Gasteiger partial charge in [-0.25, -0.2) is 9.78 Å². The minimum atomic E-state index is -0.360. The number of benzene rings is 3. The van der Waals surface area contributed by atoms with E-state index in [0.29, 0.717) is 10.9 Å². The molecule has 0 aliphatic carbocycles. The monoisotopic (exact) mass is 390 g/mol. The Labute approximate surface area is 172 Å². The van der Waals surface area contributed by atoms with Crippen molar-refractivity contribution in [3.63, 3.8) is 0 Å². The van der Waals surface area contributed by atoms with Gasteiger partial charge in [0.1, 0.15) is 11.4 Å². The first kappa shape index (κ1) is 17.9. The third-order valence-corrected chi connectivity index (χ3v) is 4.99. The van der Waals surface area contributed by atoms with Gasteiger partial charge in [-0.05, 0) is 35.9 Å². The number of rotatable bonds is 3. The molecule has 0 fully saturated rings. The zero-order valence-electron chi connectivity index (χ0n) is 16.2. The Balaban J connectivity index is 1.83. The molecule has 0 unspecified atom stereocenters. The Hall–Kier alpha value is -4.18. The van der Waals surface area contributed by atoms with Crippen LogP contribution in [-0.4, -0.2) is 9.55 Å². The van der Waals surface area contributed by atoms with Crippen LogP contribution in [0.1, 0.15) is 5.56 Å². The van der Waals surface area contributed by atoms with E-state index in [1.165, 1.54) is 6.07 Å². The predicted octanol–water partition coefficient (Wildman–Crippen LogP) is 3.88. The highest BCUT2D eigenvalue weighted by Gasteiger charge is 2.12. The Morgan fingerprint density at radius 2 is 1.60 bits per heavy atom. The smallest absolute Gasteiger partial charge is 0.336 e. The number of nitrogens with zero attached hydrogens (tertiary/aromatic N) is 2. The molecule has 0 N–H and O–H groups in total. The van der Waals surface area contributed by atoms with Gasteiger partial charge in [-0.1, -0.05) is 67.2 Å². The van der Waals surface area contributed by atoms with Crippen LogP contribution in [0, 0.1) is 0 Å². The topological polar surface area (TPSA) is 48.0 Å². The van der Waals surface area contributed by atoms with Gasteiger partial charge >= 0.3 is 5.63 Å². The third kappa shape index (κ3) is 3.25. The van der Waals surface area contributed by atoms with E-state index in [4.69, 9.17) is 9.40 Å². The minimum absolute atomic E-state index is 0.360. The number of hydrogen-bond acceptors (Lipinski definition) is 3. The summed E-state index contributed by atoms with van der Waals surface area (Å²) in [6, 6.07) is 29.1. The van der Waals surface area contributed by atoms with E-state index in [1.54, 1.807) is 6.07 Å². The third-order valence-electron chi connectivity index (χ3n) is 4.99. The summed E-state index contributed by atoms with van der Waals surface area (Å²) in [4.78, 5) is 16.3. The molecule has 3 aromatic carbocycles. The first-order chi connectivity index (χ1) is 14.7. The van der Waals surface area contributed by atoms with Gasteiger partial charge in [0.15, 0.2) is 0 Å². The number of aromatic nitrogens is 2. The fourth-order valence-corrected chi connectivity index (χ4v) is 3.57. The summed E-state index contributed by atoms with van der Waals surface area (Å²) in [5, 5.41) is 2.44. The number of hydrogen-bond donors (Lipinski definition) is 0. The second kappa shape index (κ2) is 7.33. The van der Waals surface area contributed by atoms with E-state index in [1.807, 2.05) is 78.9 Å². The van der Waals surface area contributed by atoms with Crippen LogP contribution in [0.3, 0.4) is 0 Å². The van der Waals surface area contributed by atoms with Crippen molar-refractivity contribution >= 4 is 23.6 Å². The van der Waals surface area contributed by atoms with Gasteiger partial charge in [0, 0.05) is 22.7 Å². The highest BCUT2D eigenvalue weighted by atomic mass is 16.4. The van der Waals surface area contributed by atoms with E-state index in [9.17, 15) is 4.79 Å². The molecule has 2 aromatic heterocycles. The lowest BCUT2D eigenvalue weighted by molar-refractivity contribution is 0.561. The molecule has 144 valence electrons. The Bertz CT molecular complexity index is 1510. The minimum Gasteiger partial charge on any atom is -0.423 e. The van der Waals surface area contributed by atoms with Crippen molar-refractivity contribution in [2.45, 2.75) is 0 Å². The summed E-state index contributed by atoms with van der Waals surface area (Å²) < 4.78 is 7.39. The van der Waals surface area contributed by atoms with Gasteiger partial charge in [0.05, 0.1) is 10.7 Å². The van der Waals surface area contributed by atoms with E-state index < -0.39 is 0 Å². The SMILES string of the molecule is C=c1nc(-c2ccccc2)n(-c2ccc3oc(=O)ccc3c2)/c1=C/c1ccccc1. The Kier molecular flexibility index (Phi) is 4.37. The molecule has 0 radical (unpaired) electrons. The van der Waals surface area contributed by atoms with Crippen LogP contribution < -0.4 is 16.3 Å². The Morgan fingerprint density at radius 1 is 0.867 bits per heavy atom. The average Bonchev–Trinajstić information content (AvgIpc) is 3.11. The summed E-state index contributed by atoms with van der Waals surface area (Å²) in [7, 11) is 0. The molecule has 0 amide bonds. The summed E-state index contributed by atoms with van der Waals surface area (Å²) in [5.74, 6) is 0.805. The van der Waals surface area contributed by atoms with Gasteiger partial charge in [0.2, 0.25) is 0 Å². The zero-order valence-corrected chi connectivity index (χ0v) is 16.2. The normalized spacial score (nSPS) is 11.8. The molecule has 2 heterocycles. The summed E-state index contributed by atoms with van der Waals surface area (Å²) >= 11 is 0. The van der Waals surface area contributed by atoms with Gasteiger partial charge in [-0.15, -0.1) is 0 Å². The fraction of sp³-hybridized carbons (Fsp3) is 0. The largest absolute Gasteiger partial charge is 0.423 e. The van der Waals surface area contributed by atoms with E-state index in [-0.39, 0.29) is 5.63 Å². The Morgan fingerprint density at radius 3 is 2.37 bits per heavy atom. The maximum atomic E-state index is 11.5. The lowest BCUT2D eigenvalue weighted by Crippen LogP contribution is -2.28. The summed E-state index contributed by atoms with van der Waals surface area (Å²) in [5.41, 5.74) is 3.17. The van der Waals surface area contributed by atoms with Crippen molar-refractivity contribution in [3.8, 4) is 17.1 Å². The van der Waals surface area contributed by atoms with Crippen LogP contribution in [0.5, 0.6) is 0 Å². The first-order valence-electron chi connectivity index (χ1n) is 9.63. The van der Waals surface area contributed by atoms with Crippen molar-refractivity contribution in [2.75, 3.05) is 0 Å². The lowest BCUT2D eigenvalue weighted by Gasteiger charge is -2.10. The zero-order chi connectivity index (χ0) is 20.5. The molecule has 0 spiro atoms. The number of fused-ring (bicyclic) bond motifs is 1. The molecular formula is C26H18N2O2. The predicted molar refractivity (Wildman–Crippen MR) is 120 cm³/mol. The molecule has 0 saturated heterocycles. The summed E-state index contributed by atoms with van der Waals surface area (Å²) in [6.07, 6.45) is 2.08. The maximum Gasteiger partial charge on any atom is 0.336 e. The fourth-order valence-electron chi connectivity index (χ4n) is 3.57. The van der Waals surface area contributed by atoms with Crippen LogP contribution in [-0.2, 0) is 0 Å². The van der Waals surface area contributed by atoms with Gasteiger partial charge in [0.25, 0.3) is 0 Å². The number of imidazole rings is 1. The highest BCUT2D eigenvalue weighted by molar-refractivity contribution is 5.79. The van der Waals surface area contributed by atoms with E-state index in [0.717, 1.165) is 33.4 Å². The van der Waals surface area contributed by atoms with Crippen LogP contribution in [0.2, 0.25) is 0 Å². The lowest BCUT2D eigenvalue weighted by atomic mass is 10.1. The quantitative estimate of drug-likeness (QED) is 0.439. The van der Waals surface area contributed by atoms with Crippen LogP contribution in [0.4, 0.5) is 0 Å². The van der Waals surface area contributed by atoms with Crippen molar-refractivity contribution in [1.82, 2.24) is 9.55 Å². The molecule has 30 heavy (non-hydrogen) atoms. The van der Waals surface area contributed by atoms with Gasteiger partial charge in [-0.3, -0.25) is 4.57 Å². The van der Waals surface area contributed by atoms with Crippen molar-refractivity contribution in [3.05, 3.63) is 118 Å². The van der Waals surface area contributed by atoms with Crippen molar-refractivity contribution < 1.29 is 4.42 Å². The molecule has 0 aliphatic rings. The molecule has 5 aromatic rings. The van der Waals surface area contributed by atoms with Crippen molar-refractivity contribution in [2.24, 2.45) is 0 Å². The first-order valence-corrected chi connectivity index (χ1v) is 9.63. The van der Waals surface area contributed by atoms with E-state index >= 15 is 0 Å². The maximum absolute atomic E-state index is 11.5. The van der Waals surface area contributed by atoms with Crippen LogP contribution >= 0.6 is 0 Å². The molecule has 0 atom stereocenters. The van der Waals surface area contributed by atoms with Gasteiger partial charge in [-0.2, -0.15) is 0 Å².